The Morgan fingerprint density at radius 1 is 1.20 bits per heavy atom. The van der Waals surface area contributed by atoms with Crippen LogP contribution in [0.2, 0.25) is 5.02 Å². The molecule has 0 aromatic heterocycles. The molecule has 2 amide bonds. The van der Waals surface area contributed by atoms with Gasteiger partial charge in [-0.1, -0.05) is 29.8 Å². The van der Waals surface area contributed by atoms with Gasteiger partial charge in [0.25, 0.3) is 5.91 Å². The second-order valence-electron chi connectivity index (χ2n) is 7.14. The first kappa shape index (κ1) is 21.8. The molecule has 1 aliphatic heterocycles. The van der Waals surface area contributed by atoms with Crippen LogP contribution in [0.5, 0.6) is 0 Å². The van der Waals surface area contributed by atoms with E-state index in [-0.39, 0.29) is 23.0 Å². The van der Waals surface area contributed by atoms with Gasteiger partial charge in [0, 0.05) is 43.7 Å². The highest BCUT2D eigenvalue weighted by Gasteiger charge is 2.20. The van der Waals surface area contributed by atoms with Crippen molar-refractivity contribution in [3.8, 4) is 0 Å². The van der Waals surface area contributed by atoms with E-state index in [1.54, 1.807) is 35.2 Å². The zero-order chi connectivity index (χ0) is 21.7. The molecule has 0 aliphatic carbocycles. The van der Waals surface area contributed by atoms with Gasteiger partial charge in [-0.15, -0.1) is 0 Å². The van der Waals surface area contributed by atoms with Gasteiger partial charge in [-0.25, -0.2) is 9.18 Å². The number of hydrogen-bond acceptors (Lipinski definition) is 4. The van der Waals surface area contributed by atoms with Gasteiger partial charge in [0.05, 0.1) is 5.56 Å². The van der Waals surface area contributed by atoms with E-state index in [0.29, 0.717) is 18.5 Å². The highest BCUT2D eigenvalue weighted by Crippen LogP contribution is 2.20. The number of nitrogens with zero attached hydrogens (tertiary/aromatic N) is 2. The first-order chi connectivity index (χ1) is 14.3. The molecule has 8 heteroatoms. The minimum absolute atomic E-state index is 0.0359. The van der Waals surface area contributed by atoms with Crippen molar-refractivity contribution in [3.05, 3.63) is 70.0 Å². The third-order valence-corrected chi connectivity index (χ3v) is 5.30. The van der Waals surface area contributed by atoms with Crippen LogP contribution in [0.25, 0.3) is 0 Å². The second-order valence-corrected chi connectivity index (χ2v) is 7.55. The molecular weight excluding hydrogens is 411 g/mol. The topological polar surface area (TPSA) is 66.9 Å². The average Bonchev–Trinajstić information content (AvgIpc) is 3.13. The summed E-state index contributed by atoms with van der Waals surface area (Å²) in [7, 11) is 1.48. The fourth-order valence-corrected chi connectivity index (χ4v) is 3.39. The van der Waals surface area contributed by atoms with Crippen LogP contribution in [0.15, 0.2) is 42.5 Å². The number of halogens is 2. The van der Waals surface area contributed by atoms with Crippen LogP contribution in [0.1, 0.15) is 34.3 Å². The van der Waals surface area contributed by atoms with Gasteiger partial charge >= 0.3 is 5.97 Å². The Bertz CT molecular complexity index is 928. The van der Waals surface area contributed by atoms with E-state index < -0.39 is 24.3 Å². The Kier molecular flexibility index (Phi) is 7.05. The summed E-state index contributed by atoms with van der Waals surface area (Å²) in [5.41, 5.74) is 1.42. The second kappa shape index (κ2) is 9.71. The maximum Gasteiger partial charge on any atom is 0.338 e. The van der Waals surface area contributed by atoms with E-state index in [1.807, 2.05) is 0 Å². The number of benzene rings is 2. The zero-order valence-corrected chi connectivity index (χ0v) is 17.3. The molecule has 6 nitrogen and oxygen atoms in total. The molecule has 1 heterocycles. The molecule has 1 aliphatic rings. The summed E-state index contributed by atoms with van der Waals surface area (Å²) in [5.74, 6) is -1.48. The van der Waals surface area contributed by atoms with E-state index in [1.165, 1.54) is 24.1 Å². The molecule has 2 aromatic carbocycles. The summed E-state index contributed by atoms with van der Waals surface area (Å²) in [4.78, 5) is 39.2. The lowest BCUT2D eigenvalue weighted by Gasteiger charge is -2.18. The number of carbonyl (C=O) groups is 3. The molecule has 30 heavy (non-hydrogen) atoms. The zero-order valence-electron chi connectivity index (χ0n) is 16.6. The number of likely N-dealkylation sites (N-methyl/N-ethyl adjacent to an activating group) is 1. The molecule has 0 N–H and O–H groups in total. The lowest BCUT2D eigenvalue weighted by Crippen LogP contribution is -2.31. The van der Waals surface area contributed by atoms with Gasteiger partial charge in [-0.2, -0.15) is 0 Å². The van der Waals surface area contributed by atoms with E-state index in [4.69, 9.17) is 16.3 Å². The summed E-state index contributed by atoms with van der Waals surface area (Å²) in [6.45, 7) is 0.754. The van der Waals surface area contributed by atoms with E-state index in [9.17, 15) is 18.8 Å². The number of hydrogen-bond donors (Lipinski definition) is 0. The van der Waals surface area contributed by atoms with Crippen LogP contribution < -0.4 is 0 Å². The molecular formula is C22H22ClFN2O4. The van der Waals surface area contributed by atoms with Gasteiger partial charge in [0.15, 0.2) is 6.61 Å². The number of rotatable bonds is 7. The van der Waals surface area contributed by atoms with Crippen molar-refractivity contribution in [2.75, 3.05) is 20.2 Å². The Hall–Kier alpha value is -2.93. The number of ether oxygens (including phenoxy) is 1. The fourth-order valence-electron chi connectivity index (χ4n) is 3.17. The van der Waals surface area contributed by atoms with Gasteiger partial charge < -0.3 is 14.5 Å². The van der Waals surface area contributed by atoms with E-state index in [0.717, 1.165) is 18.5 Å². The van der Waals surface area contributed by atoms with Gasteiger partial charge in [0.1, 0.15) is 5.82 Å². The Morgan fingerprint density at radius 3 is 2.57 bits per heavy atom. The Labute approximate surface area is 179 Å². The maximum absolute atomic E-state index is 13.9. The van der Waals surface area contributed by atoms with E-state index in [2.05, 4.69) is 0 Å². The quantitative estimate of drug-likeness (QED) is 0.629. The molecule has 2 aromatic rings. The molecule has 0 spiro atoms. The monoisotopic (exact) mass is 432 g/mol. The van der Waals surface area contributed by atoms with Crippen LogP contribution in [0.3, 0.4) is 0 Å². The predicted octanol–water partition coefficient (Wildman–Crippen LogP) is 3.42. The fraction of sp³-hybridized carbons (Fsp3) is 0.318. The molecule has 0 radical (unpaired) electrons. The maximum atomic E-state index is 13.9. The third-order valence-electron chi connectivity index (χ3n) is 4.94. The van der Waals surface area contributed by atoms with Crippen molar-refractivity contribution in [2.45, 2.75) is 25.9 Å². The summed E-state index contributed by atoms with van der Waals surface area (Å²) in [6, 6.07) is 11.0. The molecule has 1 saturated heterocycles. The van der Waals surface area contributed by atoms with Crippen LogP contribution in [-0.2, 0) is 27.4 Å². The highest BCUT2D eigenvalue weighted by atomic mass is 35.5. The summed E-state index contributed by atoms with van der Waals surface area (Å²) in [5, 5.41) is 0.224. The molecule has 0 bridgehead atoms. The largest absolute Gasteiger partial charge is 0.452 e. The third kappa shape index (κ3) is 5.36. The summed E-state index contributed by atoms with van der Waals surface area (Å²) >= 11 is 5.98. The predicted molar refractivity (Wildman–Crippen MR) is 109 cm³/mol. The summed E-state index contributed by atoms with van der Waals surface area (Å²) in [6.07, 6.45) is 1.45. The minimum Gasteiger partial charge on any atom is -0.452 e. The standard InChI is InChI=1S/C22H22ClFN2O4/c1-25(13-17-18(23)4-2-5-19(17)24)21(28)14-30-22(29)16-9-7-15(8-10-16)12-26-11-3-6-20(26)27/h2,4-5,7-10H,3,6,11-14H2,1H3. The van der Waals surface area contributed by atoms with Crippen molar-refractivity contribution in [1.82, 2.24) is 9.80 Å². The van der Waals surface area contributed by atoms with Crippen molar-refractivity contribution in [2.24, 2.45) is 0 Å². The van der Waals surface area contributed by atoms with Gasteiger partial charge in [0.2, 0.25) is 5.91 Å². The Morgan fingerprint density at radius 2 is 1.93 bits per heavy atom. The van der Waals surface area contributed by atoms with Crippen molar-refractivity contribution in [1.29, 1.82) is 0 Å². The molecule has 0 saturated carbocycles. The van der Waals surface area contributed by atoms with Crippen LogP contribution in [-0.4, -0.2) is 47.8 Å². The highest BCUT2D eigenvalue weighted by molar-refractivity contribution is 6.31. The van der Waals surface area contributed by atoms with Crippen LogP contribution in [0.4, 0.5) is 4.39 Å². The van der Waals surface area contributed by atoms with Crippen LogP contribution in [0, 0.1) is 5.82 Å². The number of esters is 1. The lowest BCUT2D eigenvalue weighted by atomic mass is 10.1. The number of likely N-dealkylation sites (tertiary alicyclic amines) is 1. The first-order valence-corrected chi connectivity index (χ1v) is 9.93. The SMILES string of the molecule is CN(Cc1c(F)cccc1Cl)C(=O)COC(=O)c1ccc(CN2CCCC2=O)cc1. The molecule has 158 valence electrons. The number of amides is 2. The van der Waals surface area contributed by atoms with Gasteiger partial charge in [-0.05, 0) is 36.2 Å². The molecule has 3 rings (SSSR count). The normalized spacial score (nSPS) is 13.4. The first-order valence-electron chi connectivity index (χ1n) is 9.56. The summed E-state index contributed by atoms with van der Waals surface area (Å²) < 4.78 is 18.9. The molecule has 0 atom stereocenters. The van der Waals surface area contributed by atoms with Crippen molar-refractivity contribution >= 4 is 29.4 Å². The lowest BCUT2D eigenvalue weighted by molar-refractivity contribution is -0.133. The van der Waals surface area contributed by atoms with Crippen molar-refractivity contribution < 1.29 is 23.5 Å². The van der Waals surface area contributed by atoms with Crippen molar-refractivity contribution in [3.63, 3.8) is 0 Å². The number of carbonyl (C=O) groups excluding carboxylic acids is 3. The smallest absolute Gasteiger partial charge is 0.338 e. The van der Waals surface area contributed by atoms with Crippen LogP contribution >= 0.6 is 11.6 Å². The molecule has 1 fully saturated rings. The molecule has 0 unspecified atom stereocenters. The van der Waals surface area contributed by atoms with E-state index >= 15 is 0 Å². The Balaban J connectivity index is 1.50. The van der Waals surface area contributed by atoms with Gasteiger partial charge in [-0.3, -0.25) is 9.59 Å². The minimum atomic E-state index is -0.635. The average molecular weight is 433 g/mol.